The molecule has 0 saturated carbocycles. The van der Waals surface area contributed by atoms with Crippen molar-refractivity contribution in [3.8, 4) is 77.1 Å². The van der Waals surface area contributed by atoms with E-state index >= 15 is 0 Å². The maximum absolute atomic E-state index is 13.7. The zero-order valence-electron chi connectivity index (χ0n) is 47.0. The number of aromatic nitrogens is 2. The molecule has 0 saturated heterocycles. The normalized spacial score (nSPS) is 11.8. The molecule has 13 heteroatoms. The first-order valence-corrected chi connectivity index (χ1v) is 28.7. The van der Waals surface area contributed by atoms with Crippen LogP contribution in [-0.2, 0) is 31.9 Å². The summed E-state index contributed by atoms with van der Waals surface area (Å²) in [5, 5.41) is 22.6. The van der Waals surface area contributed by atoms with Crippen LogP contribution in [0.2, 0.25) is 0 Å². The summed E-state index contributed by atoms with van der Waals surface area (Å²) in [6.07, 6.45) is 3.37. The van der Waals surface area contributed by atoms with Crippen LogP contribution in [0.15, 0.2) is 210 Å². The van der Waals surface area contributed by atoms with Gasteiger partial charge in [0.15, 0.2) is 0 Å². The number of hydrogen-bond acceptors (Lipinski definition) is 8. The van der Waals surface area contributed by atoms with E-state index in [1.165, 1.54) is 71.2 Å². The fourth-order valence-electron chi connectivity index (χ4n) is 9.67. The van der Waals surface area contributed by atoms with Crippen molar-refractivity contribution in [2.75, 3.05) is 0 Å². The molecule has 6 nitrogen and oxygen atoms in total. The Morgan fingerprint density at radius 3 is 1.21 bits per heavy atom. The number of halogens is 4. The summed E-state index contributed by atoms with van der Waals surface area (Å²) in [7, 11) is 0. The van der Waals surface area contributed by atoms with E-state index in [2.05, 4.69) is 47.6 Å². The molecule has 0 aliphatic rings. The second-order valence-corrected chi connectivity index (χ2v) is 24.3. The van der Waals surface area contributed by atoms with Gasteiger partial charge in [0.1, 0.15) is 39.0 Å². The van der Waals surface area contributed by atoms with Crippen LogP contribution in [0.3, 0.4) is 0 Å². The van der Waals surface area contributed by atoms with E-state index in [1.54, 1.807) is 67.0 Å². The third-order valence-corrected chi connectivity index (χ3v) is 16.6. The average molecular weight is 1340 g/mol. The van der Waals surface area contributed by atoms with Gasteiger partial charge in [0.2, 0.25) is 0 Å². The van der Waals surface area contributed by atoms with Crippen molar-refractivity contribution in [1.29, 1.82) is 0 Å². The number of hydrogen-bond donors (Lipinski definition) is 2. The second kappa shape index (κ2) is 24.9. The van der Waals surface area contributed by atoms with E-state index in [0.717, 1.165) is 97.2 Å². The van der Waals surface area contributed by atoms with Gasteiger partial charge in [-0.15, -0.1) is 52.5 Å². The number of phenolic OH excluding ortho intramolecular Hbond substituents is 2. The minimum absolute atomic E-state index is 0. The van der Waals surface area contributed by atoms with E-state index in [-0.39, 0.29) is 66.7 Å². The standard InChI is InChI=1S/C36H28F2N2OS.C36H27F2N2OS.Pt/c2*1-36(2,3)25-12-19-32(41)24(20-25)21-39-31-7-5-4-6-30(31)35-40-33-28(22-8-13-26(37)14-9-22)17-18-29(34(33)42-35)23-10-15-27(38)16-11-23;/h4-21,41H,1-3H3;4-8,10-21,41H,1-3H3;/q;-1;. The molecular weight excluding hydrogens is 1290 g/mol. The van der Waals surface area contributed by atoms with Crippen LogP contribution in [0.1, 0.15) is 63.8 Å². The Bertz CT molecular complexity index is 4000. The Balaban J connectivity index is 0.000000187. The number of thiazole rings is 2. The average Bonchev–Trinajstić information content (AvgIpc) is 4.39. The van der Waals surface area contributed by atoms with Gasteiger partial charge in [0, 0.05) is 78.2 Å². The van der Waals surface area contributed by atoms with Gasteiger partial charge in [0.25, 0.3) is 0 Å². The van der Waals surface area contributed by atoms with Crippen molar-refractivity contribution in [2.24, 2.45) is 9.98 Å². The van der Waals surface area contributed by atoms with Gasteiger partial charge in [-0.25, -0.2) is 23.1 Å². The molecule has 85 heavy (non-hydrogen) atoms. The van der Waals surface area contributed by atoms with Crippen molar-refractivity contribution < 1.29 is 48.8 Å². The number of fused-ring (bicyclic) bond motifs is 2. The number of phenols is 2. The molecule has 2 aromatic heterocycles. The minimum atomic E-state index is -0.359. The summed E-state index contributed by atoms with van der Waals surface area (Å²) < 4.78 is 56.8. The van der Waals surface area contributed by atoms with Crippen LogP contribution >= 0.6 is 22.7 Å². The number of rotatable bonds is 10. The molecule has 0 spiro atoms. The van der Waals surface area contributed by atoms with Gasteiger partial charge in [-0.2, -0.15) is 0 Å². The fourth-order valence-corrected chi connectivity index (χ4v) is 12.0. The first-order chi connectivity index (χ1) is 40.3. The zero-order valence-corrected chi connectivity index (χ0v) is 50.9. The van der Waals surface area contributed by atoms with Gasteiger partial charge >= 0.3 is 0 Å². The number of aromatic hydroxyl groups is 2. The van der Waals surface area contributed by atoms with E-state index in [9.17, 15) is 27.8 Å². The summed E-state index contributed by atoms with van der Waals surface area (Å²) in [5.41, 5.74) is 14.8. The van der Waals surface area contributed by atoms with Gasteiger partial charge < -0.3 is 10.2 Å². The van der Waals surface area contributed by atoms with Gasteiger partial charge in [-0.05, 0) is 129 Å². The Labute approximate surface area is 513 Å². The first-order valence-electron chi connectivity index (χ1n) is 27.1. The summed E-state index contributed by atoms with van der Waals surface area (Å²) in [4.78, 5) is 19.7. The first kappa shape index (κ1) is 59.5. The summed E-state index contributed by atoms with van der Waals surface area (Å²) in [5.74, 6) is -0.937. The Morgan fingerprint density at radius 2 is 0.800 bits per heavy atom. The van der Waals surface area contributed by atoms with Crippen LogP contribution in [0.5, 0.6) is 11.5 Å². The third kappa shape index (κ3) is 13.2. The molecular formula is C72H55F4N4O2PtS2-. The SMILES string of the molecule is CC(C)(C)c1ccc(O)c(C=Nc2ccccc2-c2nc3c(-c4[c-]cc(F)cc4)ccc(-c4ccc(F)cc4)c3s2)c1.CC(C)(C)c1ccc(O)c(C=Nc2ccccc2-c2nc3c(-c4ccc(F)cc4)ccc(-c4ccc(F)cc4)c3s2)c1.[Pt]. The molecule has 0 atom stereocenters. The number of aliphatic imine (C=N–C) groups is 2. The summed E-state index contributed by atoms with van der Waals surface area (Å²) >= 11 is 3.05. The maximum atomic E-state index is 13.7. The Hall–Kier alpha value is -8.67. The number of para-hydroxylation sites is 2. The third-order valence-electron chi connectivity index (χ3n) is 14.4. The van der Waals surface area contributed by atoms with Crippen molar-refractivity contribution in [3.05, 3.63) is 252 Å². The molecule has 0 bridgehead atoms. The molecule has 0 aliphatic carbocycles. The van der Waals surface area contributed by atoms with E-state index in [1.807, 2.05) is 97.1 Å². The fraction of sp³-hybridized carbons (Fsp3) is 0.111. The second-order valence-electron chi connectivity index (χ2n) is 22.3. The van der Waals surface area contributed by atoms with E-state index < -0.39 is 0 Å². The van der Waals surface area contributed by atoms with Gasteiger partial charge in [0.05, 0.1) is 26.3 Å². The zero-order chi connectivity index (χ0) is 58.9. The molecule has 426 valence electrons. The summed E-state index contributed by atoms with van der Waals surface area (Å²) in [6, 6.07) is 61.2. The van der Waals surface area contributed by atoms with E-state index in [0.29, 0.717) is 22.5 Å². The van der Waals surface area contributed by atoms with Crippen LogP contribution in [0.25, 0.3) is 86.1 Å². The van der Waals surface area contributed by atoms with Crippen molar-refractivity contribution in [3.63, 3.8) is 0 Å². The van der Waals surface area contributed by atoms with Crippen LogP contribution < -0.4 is 0 Å². The van der Waals surface area contributed by atoms with Crippen LogP contribution in [0.4, 0.5) is 28.9 Å². The Morgan fingerprint density at radius 1 is 0.424 bits per heavy atom. The van der Waals surface area contributed by atoms with Crippen molar-refractivity contribution >= 4 is 66.9 Å². The molecule has 12 aromatic rings. The van der Waals surface area contributed by atoms with Crippen molar-refractivity contribution in [1.82, 2.24) is 9.97 Å². The molecule has 0 amide bonds. The minimum Gasteiger partial charge on any atom is -0.507 e. The number of nitrogens with zero attached hydrogens (tertiary/aromatic N) is 4. The largest absolute Gasteiger partial charge is 0.507 e. The smallest absolute Gasteiger partial charge is 0.126 e. The maximum Gasteiger partial charge on any atom is 0.126 e. The number of benzene rings is 10. The predicted molar refractivity (Wildman–Crippen MR) is 339 cm³/mol. The molecule has 0 aliphatic heterocycles. The van der Waals surface area contributed by atoms with Gasteiger partial charge in [-0.3, -0.25) is 14.4 Å². The predicted octanol–water partition coefficient (Wildman–Crippen LogP) is 20.5. The molecule has 0 fully saturated rings. The molecule has 12 rings (SSSR count). The summed E-state index contributed by atoms with van der Waals surface area (Å²) in [6.45, 7) is 12.8. The Kier molecular flexibility index (Phi) is 17.4. The van der Waals surface area contributed by atoms with Gasteiger partial charge in [-0.1, -0.05) is 144 Å². The monoisotopic (exact) mass is 1340 g/mol. The van der Waals surface area contributed by atoms with Crippen LogP contribution in [-0.4, -0.2) is 32.6 Å². The molecule has 2 N–H and O–H groups in total. The molecule has 0 unspecified atom stereocenters. The molecule has 10 aromatic carbocycles. The van der Waals surface area contributed by atoms with Crippen molar-refractivity contribution in [2.45, 2.75) is 52.4 Å². The topological polar surface area (TPSA) is 91.0 Å². The van der Waals surface area contributed by atoms with Crippen LogP contribution in [0, 0.1) is 29.3 Å². The molecule has 0 radical (unpaired) electrons. The quantitative estimate of drug-likeness (QED) is 0.0811. The van der Waals surface area contributed by atoms with E-state index in [4.69, 9.17) is 20.0 Å². The molecule has 2 heterocycles.